The van der Waals surface area contributed by atoms with E-state index in [0.29, 0.717) is 17.4 Å². The molecule has 5 aromatic rings. The molecule has 38 heavy (non-hydrogen) atoms. The van der Waals surface area contributed by atoms with Gasteiger partial charge in [-0.3, -0.25) is 9.89 Å². The number of carbonyl (C=O) groups excluding carboxylic acids is 1. The highest BCUT2D eigenvalue weighted by Gasteiger charge is 2.17. The number of aromatic nitrogens is 3. The Labute approximate surface area is 222 Å². The monoisotopic (exact) mass is 504 g/mol. The van der Waals surface area contributed by atoms with E-state index in [-0.39, 0.29) is 5.91 Å². The van der Waals surface area contributed by atoms with Gasteiger partial charge in [-0.15, -0.1) is 0 Å². The lowest BCUT2D eigenvalue weighted by Crippen LogP contribution is -2.36. The van der Waals surface area contributed by atoms with Crippen LogP contribution in [0.1, 0.15) is 28.8 Å². The van der Waals surface area contributed by atoms with Gasteiger partial charge in [-0.2, -0.15) is 5.10 Å². The van der Waals surface area contributed by atoms with Crippen LogP contribution in [0.2, 0.25) is 0 Å². The fraction of sp³-hybridized carbons (Fsp3) is 0.226. The van der Waals surface area contributed by atoms with Crippen LogP contribution < -0.4 is 10.6 Å². The van der Waals surface area contributed by atoms with Crippen molar-refractivity contribution in [1.29, 1.82) is 0 Å². The number of para-hydroxylation sites is 1. The molecule has 192 valence electrons. The van der Waals surface area contributed by atoms with E-state index in [1.54, 1.807) is 0 Å². The molecule has 0 unspecified atom stereocenters. The van der Waals surface area contributed by atoms with Gasteiger partial charge < -0.3 is 20.1 Å². The largest absolute Gasteiger partial charge is 0.382 e. The van der Waals surface area contributed by atoms with Gasteiger partial charge in [0.15, 0.2) is 0 Å². The van der Waals surface area contributed by atoms with E-state index in [1.165, 1.54) is 5.56 Å². The maximum atomic E-state index is 12.9. The average Bonchev–Trinajstić information content (AvgIpc) is 3.58. The Bertz CT molecular complexity index is 1560. The van der Waals surface area contributed by atoms with Gasteiger partial charge in [-0.1, -0.05) is 35.9 Å². The summed E-state index contributed by atoms with van der Waals surface area (Å²) in [6.07, 6.45) is 4.34. The molecule has 1 amide bonds. The summed E-state index contributed by atoms with van der Waals surface area (Å²) in [5.74, 6) is 0.385. The molecule has 3 heterocycles. The molecule has 2 aromatic heterocycles. The first-order chi connectivity index (χ1) is 18.5. The highest BCUT2D eigenvalue weighted by Crippen LogP contribution is 2.31. The molecule has 7 heteroatoms. The maximum absolute atomic E-state index is 12.9. The van der Waals surface area contributed by atoms with Crippen LogP contribution in [0.4, 0.5) is 11.5 Å². The van der Waals surface area contributed by atoms with Gasteiger partial charge in [0.2, 0.25) is 0 Å². The fourth-order valence-electron chi connectivity index (χ4n) is 5.15. The van der Waals surface area contributed by atoms with Crippen LogP contribution in [0.3, 0.4) is 0 Å². The molecule has 7 nitrogen and oxygen atoms in total. The lowest BCUT2D eigenvalue weighted by atomic mass is 10.0. The molecule has 0 saturated carbocycles. The first kappa shape index (κ1) is 24.0. The summed E-state index contributed by atoms with van der Waals surface area (Å²) in [6.45, 7) is 4.30. The standard InChI is InChI=1S/C31H32N6O/c1-21-6-12-26(13-7-21)37-19-14-22-4-3-5-27(30(22)37)28-20-29(35-34-28)33-31(38)23-8-10-24(11-9-23)32-25-15-17-36(2)18-16-25/h3-14,19-20,25,32H,15-18H2,1-2H3,(H2,33,34,35,38). The third-order valence-corrected chi connectivity index (χ3v) is 7.36. The molecule has 1 fully saturated rings. The van der Waals surface area contributed by atoms with Crippen molar-refractivity contribution in [3.63, 3.8) is 0 Å². The second-order valence-electron chi connectivity index (χ2n) is 10.2. The van der Waals surface area contributed by atoms with Crippen LogP contribution in [0, 0.1) is 6.92 Å². The molecular weight excluding hydrogens is 472 g/mol. The normalized spacial score (nSPS) is 14.6. The third kappa shape index (κ3) is 4.93. The molecular formula is C31H32N6O. The number of nitrogens with zero attached hydrogens (tertiary/aromatic N) is 3. The third-order valence-electron chi connectivity index (χ3n) is 7.36. The Morgan fingerprint density at radius 3 is 2.50 bits per heavy atom. The van der Waals surface area contributed by atoms with E-state index < -0.39 is 0 Å². The SMILES string of the molecule is Cc1ccc(-n2ccc3cccc(-c4cc(NC(=O)c5ccc(NC6CCN(C)CC6)cc5)[nH]n4)c32)cc1. The Morgan fingerprint density at radius 2 is 1.74 bits per heavy atom. The number of benzene rings is 3. The van der Waals surface area contributed by atoms with Crippen LogP contribution in [-0.4, -0.2) is 51.8 Å². The molecule has 0 bridgehead atoms. The van der Waals surface area contributed by atoms with E-state index in [2.05, 4.69) is 92.9 Å². The molecule has 0 radical (unpaired) electrons. The summed E-state index contributed by atoms with van der Waals surface area (Å²) in [5, 5.41) is 15.2. The van der Waals surface area contributed by atoms with E-state index in [1.807, 2.05) is 36.4 Å². The number of rotatable bonds is 6. The maximum Gasteiger partial charge on any atom is 0.256 e. The number of hydrogen-bond donors (Lipinski definition) is 3. The minimum Gasteiger partial charge on any atom is -0.382 e. The number of carbonyl (C=O) groups is 1. The van der Waals surface area contributed by atoms with E-state index >= 15 is 0 Å². The Hall–Kier alpha value is -4.36. The van der Waals surface area contributed by atoms with Gasteiger partial charge in [-0.05, 0) is 82.4 Å². The summed E-state index contributed by atoms with van der Waals surface area (Å²) in [7, 11) is 2.16. The van der Waals surface area contributed by atoms with Crippen LogP contribution in [-0.2, 0) is 0 Å². The first-order valence-electron chi connectivity index (χ1n) is 13.1. The number of anilines is 2. The smallest absolute Gasteiger partial charge is 0.256 e. The van der Waals surface area contributed by atoms with Crippen molar-refractivity contribution in [1.82, 2.24) is 19.7 Å². The zero-order valence-electron chi connectivity index (χ0n) is 21.7. The zero-order valence-corrected chi connectivity index (χ0v) is 21.7. The first-order valence-corrected chi connectivity index (χ1v) is 13.1. The number of H-pyrrole nitrogens is 1. The lowest BCUT2D eigenvalue weighted by Gasteiger charge is -2.30. The van der Waals surface area contributed by atoms with Crippen molar-refractivity contribution in [3.8, 4) is 16.9 Å². The van der Waals surface area contributed by atoms with Crippen LogP contribution in [0.15, 0.2) is 85.1 Å². The number of aromatic amines is 1. The molecule has 3 N–H and O–H groups in total. The van der Waals surface area contributed by atoms with Gasteiger partial charge in [-0.25, -0.2) is 0 Å². The minimum atomic E-state index is -0.174. The number of piperidine rings is 1. The van der Waals surface area contributed by atoms with Gasteiger partial charge in [0.05, 0.1) is 11.2 Å². The minimum absolute atomic E-state index is 0.174. The van der Waals surface area contributed by atoms with Crippen molar-refractivity contribution in [2.45, 2.75) is 25.8 Å². The molecule has 1 saturated heterocycles. The summed E-state index contributed by atoms with van der Waals surface area (Å²) in [4.78, 5) is 15.3. The highest BCUT2D eigenvalue weighted by atomic mass is 16.1. The van der Waals surface area contributed by atoms with Crippen LogP contribution >= 0.6 is 0 Å². The summed E-state index contributed by atoms with van der Waals surface area (Å²) in [6, 6.07) is 26.8. The predicted octanol–water partition coefficient (Wildman–Crippen LogP) is 6.09. The average molecular weight is 505 g/mol. The Balaban J connectivity index is 1.18. The van der Waals surface area contributed by atoms with Gasteiger partial charge in [0.25, 0.3) is 5.91 Å². The second-order valence-corrected chi connectivity index (χ2v) is 10.2. The van der Waals surface area contributed by atoms with E-state index in [4.69, 9.17) is 0 Å². The van der Waals surface area contributed by atoms with Crippen LogP contribution in [0.5, 0.6) is 0 Å². The summed E-state index contributed by atoms with van der Waals surface area (Å²) >= 11 is 0. The topological polar surface area (TPSA) is 78.0 Å². The van der Waals surface area contributed by atoms with Crippen molar-refractivity contribution < 1.29 is 4.79 Å². The molecule has 0 spiro atoms. The quantitative estimate of drug-likeness (QED) is 0.262. The molecule has 0 atom stereocenters. The molecule has 1 aliphatic rings. The second kappa shape index (κ2) is 10.2. The van der Waals surface area contributed by atoms with E-state index in [0.717, 1.165) is 59.5 Å². The van der Waals surface area contributed by atoms with E-state index in [9.17, 15) is 4.79 Å². The number of aryl methyl sites for hydroxylation is 1. The number of likely N-dealkylation sites (tertiary alicyclic amines) is 1. The summed E-state index contributed by atoms with van der Waals surface area (Å²) in [5.41, 5.74) is 6.81. The number of hydrogen-bond acceptors (Lipinski definition) is 4. The molecule has 3 aromatic carbocycles. The van der Waals surface area contributed by atoms with Crippen molar-refractivity contribution in [3.05, 3.63) is 96.2 Å². The summed E-state index contributed by atoms with van der Waals surface area (Å²) < 4.78 is 2.18. The molecule has 0 aliphatic carbocycles. The zero-order chi connectivity index (χ0) is 26.1. The van der Waals surface area contributed by atoms with Gasteiger partial charge in [0, 0.05) is 46.2 Å². The predicted molar refractivity (Wildman–Crippen MR) is 154 cm³/mol. The van der Waals surface area contributed by atoms with Crippen LogP contribution in [0.25, 0.3) is 27.8 Å². The molecule has 1 aliphatic heterocycles. The number of fused-ring (bicyclic) bond motifs is 1. The Kier molecular flexibility index (Phi) is 6.43. The van der Waals surface area contributed by atoms with Gasteiger partial charge in [0.1, 0.15) is 5.82 Å². The van der Waals surface area contributed by atoms with Crippen molar-refractivity contribution >= 4 is 28.3 Å². The van der Waals surface area contributed by atoms with Crippen molar-refractivity contribution in [2.75, 3.05) is 30.8 Å². The highest BCUT2D eigenvalue weighted by molar-refractivity contribution is 6.04. The number of nitrogens with one attached hydrogen (secondary N) is 3. The number of amides is 1. The fourth-order valence-corrected chi connectivity index (χ4v) is 5.15. The van der Waals surface area contributed by atoms with Crippen molar-refractivity contribution in [2.24, 2.45) is 0 Å². The van der Waals surface area contributed by atoms with Gasteiger partial charge >= 0.3 is 0 Å². The molecule has 6 rings (SSSR count). The lowest BCUT2D eigenvalue weighted by molar-refractivity contribution is 0.102. The Morgan fingerprint density at radius 1 is 0.974 bits per heavy atom.